The van der Waals surface area contributed by atoms with Gasteiger partial charge in [-0.1, -0.05) is 6.07 Å². The number of ether oxygens (including phenoxy) is 3. The van der Waals surface area contributed by atoms with Gasteiger partial charge < -0.3 is 14.2 Å². The number of nitrogens with zero attached hydrogens (tertiary/aromatic N) is 1. The maximum Gasteiger partial charge on any atom is 0.235 e. The summed E-state index contributed by atoms with van der Waals surface area (Å²) in [7, 11) is 4.79. The number of hydrogen-bond donors (Lipinski definition) is 0. The summed E-state index contributed by atoms with van der Waals surface area (Å²) in [4.78, 5) is 14.6. The van der Waals surface area contributed by atoms with E-state index in [0.717, 1.165) is 24.0 Å². The SMILES string of the molecule is COCc1c(C2(N=C=O)CC2)ccc(OC)c1OC. The zero-order valence-electron chi connectivity index (χ0n) is 11.4. The van der Waals surface area contributed by atoms with Gasteiger partial charge in [-0.05, 0) is 24.5 Å². The van der Waals surface area contributed by atoms with Gasteiger partial charge >= 0.3 is 0 Å². The molecule has 102 valence electrons. The third-order valence-corrected chi connectivity index (χ3v) is 3.42. The molecule has 0 saturated heterocycles. The number of rotatable bonds is 6. The van der Waals surface area contributed by atoms with Crippen molar-refractivity contribution in [3.8, 4) is 11.5 Å². The molecule has 1 aliphatic carbocycles. The van der Waals surface area contributed by atoms with Crippen molar-refractivity contribution >= 4 is 6.08 Å². The Hall–Kier alpha value is -1.84. The Kier molecular flexibility index (Phi) is 3.88. The van der Waals surface area contributed by atoms with Crippen LogP contribution in [0.5, 0.6) is 11.5 Å². The van der Waals surface area contributed by atoms with E-state index in [1.165, 1.54) is 0 Å². The Balaban J connectivity index is 2.58. The van der Waals surface area contributed by atoms with Crippen LogP contribution >= 0.6 is 0 Å². The predicted octanol–water partition coefficient (Wildman–Crippen LogP) is 2.18. The van der Waals surface area contributed by atoms with Crippen LogP contribution in [0.3, 0.4) is 0 Å². The monoisotopic (exact) mass is 263 g/mol. The van der Waals surface area contributed by atoms with Crippen molar-refractivity contribution in [2.45, 2.75) is 25.0 Å². The van der Waals surface area contributed by atoms with Crippen LogP contribution in [0.15, 0.2) is 17.1 Å². The molecule has 0 amide bonds. The number of isocyanates is 1. The van der Waals surface area contributed by atoms with Gasteiger partial charge in [-0.2, -0.15) is 4.99 Å². The molecule has 1 aromatic carbocycles. The molecule has 0 N–H and O–H groups in total. The van der Waals surface area contributed by atoms with E-state index >= 15 is 0 Å². The number of methoxy groups -OCH3 is 3. The number of benzene rings is 1. The average molecular weight is 263 g/mol. The zero-order chi connectivity index (χ0) is 13.9. The van der Waals surface area contributed by atoms with E-state index in [9.17, 15) is 4.79 Å². The molecule has 0 spiro atoms. The highest BCUT2D eigenvalue weighted by molar-refractivity contribution is 5.55. The van der Waals surface area contributed by atoms with Crippen LogP contribution in [0, 0.1) is 0 Å². The first-order chi connectivity index (χ1) is 9.22. The lowest BCUT2D eigenvalue weighted by atomic mass is 9.97. The fourth-order valence-corrected chi connectivity index (χ4v) is 2.36. The summed E-state index contributed by atoms with van der Waals surface area (Å²) in [5.74, 6) is 1.28. The fourth-order valence-electron chi connectivity index (χ4n) is 2.36. The van der Waals surface area contributed by atoms with E-state index in [1.807, 2.05) is 12.1 Å². The van der Waals surface area contributed by atoms with Crippen molar-refractivity contribution in [3.63, 3.8) is 0 Å². The molecule has 0 aliphatic heterocycles. The summed E-state index contributed by atoms with van der Waals surface area (Å²) >= 11 is 0. The van der Waals surface area contributed by atoms with E-state index < -0.39 is 5.54 Å². The molecule has 0 bridgehead atoms. The van der Waals surface area contributed by atoms with E-state index in [0.29, 0.717) is 18.1 Å². The standard InChI is InChI=1S/C14H17NO4/c1-17-8-10-11(14(6-7-14)15-9-16)4-5-12(18-2)13(10)19-3/h4-5H,6-8H2,1-3H3. The first-order valence-corrected chi connectivity index (χ1v) is 6.04. The largest absolute Gasteiger partial charge is 0.493 e. The van der Waals surface area contributed by atoms with Gasteiger partial charge in [0, 0.05) is 12.7 Å². The molecule has 19 heavy (non-hydrogen) atoms. The molecule has 1 fully saturated rings. The summed E-state index contributed by atoms with van der Waals surface area (Å²) in [6.07, 6.45) is 3.35. The average Bonchev–Trinajstić information content (AvgIpc) is 3.19. The van der Waals surface area contributed by atoms with E-state index in [1.54, 1.807) is 27.4 Å². The quantitative estimate of drug-likeness (QED) is 0.583. The van der Waals surface area contributed by atoms with Gasteiger partial charge in [0.25, 0.3) is 0 Å². The second kappa shape index (κ2) is 5.43. The summed E-state index contributed by atoms with van der Waals surface area (Å²) in [6.45, 7) is 0.381. The predicted molar refractivity (Wildman–Crippen MR) is 69.3 cm³/mol. The third kappa shape index (κ3) is 2.35. The molecule has 1 aliphatic rings. The first kappa shape index (κ1) is 13.6. The van der Waals surface area contributed by atoms with Crippen molar-refractivity contribution in [2.24, 2.45) is 4.99 Å². The third-order valence-electron chi connectivity index (χ3n) is 3.42. The Bertz CT molecular complexity index is 516. The molecule has 0 radical (unpaired) electrons. The summed E-state index contributed by atoms with van der Waals surface area (Å²) in [5.41, 5.74) is 1.38. The van der Waals surface area contributed by atoms with Crippen molar-refractivity contribution in [1.29, 1.82) is 0 Å². The molecular weight excluding hydrogens is 246 g/mol. The summed E-state index contributed by atoms with van der Waals surface area (Å²) in [6, 6.07) is 3.75. The maximum absolute atomic E-state index is 10.6. The second-order valence-corrected chi connectivity index (χ2v) is 4.49. The molecule has 1 saturated carbocycles. The van der Waals surface area contributed by atoms with Crippen molar-refractivity contribution in [3.05, 3.63) is 23.3 Å². The molecule has 2 rings (SSSR count). The smallest absolute Gasteiger partial charge is 0.235 e. The highest BCUT2D eigenvalue weighted by atomic mass is 16.5. The fraction of sp³-hybridized carbons (Fsp3) is 0.500. The van der Waals surface area contributed by atoms with Crippen LogP contribution in [0.25, 0.3) is 0 Å². The minimum Gasteiger partial charge on any atom is -0.493 e. The van der Waals surface area contributed by atoms with Gasteiger partial charge in [-0.3, -0.25) is 0 Å². The number of hydrogen-bond acceptors (Lipinski definition) is 5. The Morgan fingerprint density at radius 3 is 2.47 bits per heavy atom. The van der Waals surface area contributed by atoms with Gasteiger partial charge in [-0.15, -0.1) is 0 Å². The van der Waals surface area contributed by atoms with E-state index in [4.69, 9.17) is 14.2 Å². The van der Waals surface area contributed by atoms with Crippen LogP contribution in [0.4, 0.5) is 0 Å². The molecule has 0 heterocycles. The summed E-state index contributed by atoms with van der Waals surface area (Å²) in [5, 5.41) is 0. The molecule has 5 heteroatoms. The van der Waals surface area contributed by atoms with Crippen LogP contribution in [-0.2, 0) is 21.7 Å². The molecular formula is C14H17NO4. The lowest BCUT2D eigenvalue weighted by molar-refractivity contribution is 0.179. The second-order valence-electron chi connectivity index (χ2n) is 4.49. The normalized spacial score (nSPS) is 15.5. The lowest BCUT2D eigenvalue weighted by Crippen LogP contribution is -2.10. The van der Waals surface area contributed by atoms with Gasteiger partial charge in [0.15, 0.2) is 11.5 Å². The topological polar surface area (TPSA) is 57.1 Å². The minimum atomic E-state index is -0.449. The molecule has 0 aromatic heterocycles. The van der Waals surface area contributed by atoms with Crippen LogP contribution in [0.2, 0.25) is 0 Å². The Morgan fingerprint density at radius 2 is 2.00 bits per heavy atom. The first-order valence-electron chi connectivity index (χ1n) is 6.04. The molecule has 0 unspecified atom stereocenters. The van der Waals surface area contributed by atoms with Gasteiger partial charge in [0.05, 0.1) is 26.4 Å². The zero-order valence-corrected chi connectivity index (χ0v) is 11.4. The summed E-state index contributed by atoms with van der Waals surface area (Å²) < 4.78 is 15.9. The van der Waals surface area contributed by atoms with Gasteiger partial charge in [0.1, 0.15) is 0 Å². The van der Waals surface area contributed by atoms with Crippen molar-refractivity contribution in [1.82, 2.24) is 0 Å². The van der Waals surface area contributed by atoms with Gasteiger partial charge in [0.2, 0.25) is 6.08 Å². The van der Waals surface area contributed by atoms with Crippen LogP contribution in [-0.4, -0.2) is 27.4 Å². The van der Waals surface area contributed by atoms with Crippen molar-refractivity contribution < 1.29 is 19.0 Å². The maximum atomic E-state index is 10.6. The van der Waals surface area contributed by atoms with Crippen LogP contribution in [0.1, 0.15) is 24.0 Å². The Morgan fingerprint density at radius 1 is 1.26 bits per heavy atom. The van der Waals surface area contributed by atoms with Gasteiger partial charge in [-0.25, -0.2) is 4.79 Å². The molecule has 5 nitrogen and oxygen atoms in total. The Labute approximate surface area is 112 Å². The van der Waals surface area contributed by atoms with Crippen LogP contribution < -0.4 is 9.47 Å². The lowest BCUT2D eigenvalue weighted by Gasteiger charge is -2.19. The number of aliphatic imine (C=N–C) groups is 1. The minimum absolute atomic E-state index is 0.381. The van der Waals surface area contributed by atoms with E-state index in [2.05, 4.69) is 4.99 Å². The highest BCUT2D eigenvalue weighted by Gasteiger charge is 2.47. The highest BCUT2D eigenvalue weighted by Crippen LogP contribution is 2.52. The molecule has 0 atom stereocenters. The van der Waals surface area contributed by atoms with E-state index in [-0.39, 0.29) is 0 Å². The number of carbonyl (C=O) groups excluding carboxylic acids is 1. The molecule has 1 aromatic rings. The van der Waals surface area contributed by atoms with Crippen molar-refractivity contribution in [2.75, 3.05) is 21.3 Å².